The van der Waals surface area contributed by atoms with Gasteiger partial charge in [-0.1, -0.05) is 25.7 Å². The average molecular weight is 626 g/mol. The summed E-state index contributed by atoms with van der Waals surface area (Å²) in [7, 11) is -9.15. The van der Waals surface area contributed by atoms with E-state index in [2.05, 4.69) is 24.0 Å². The minimum atomic E-state index is -4.77. The zero-order chi connectivity index (χ0) is 29.2. The van der Waals surface area contributed by atoms with Crippen molar-refractivity contribution in [2.24, 2.45) is 5.92 Å². The molecule has 2 aliphatic rings. The van der Waals surface area contributed by atoms with E-state index in [1.165, 1.54) is 4.57 Å². The minimum absolute atomic E-state index is 0.00718. The van der Waals surface area contributed by atoms with Gasteiger partial charge in [-0.15, -0.1) is 0 Å². The molecule has 1 saturated heterocycles. The van der Waals surface area contributed by atoms with E-state index in [0.717, 1.165) is 31.4 Å². The maximum Gasteiger partial charge on any atom is 0.510 e. The molecule has 2 aromatic rings. The molecule has 2 aromatic heterocycles. The Morgan fingerprint density at radius 3 is 2.62 bits per heavy atom. The van der Waals surface area contributed by atoms with Crippen molar-refractivity contribution in [2.75, 3.05) is 18.0 Å². The highest BCUT2D eigenvalue weighted by atomic mass is 35.5. The van der Waals surface area contributed by atoms with Crippen LogP contribution in [0.1, 0.15) is 51.5 Å². The third-order valence-corrected chi connectivity index (χ3v) is 11.1. The average Bonchev–Trinajstić information content (AvgIpc) is 3.54. The first-order valence-corrected chi connectivity index (χ1v) is 16.8. The Kier molecular flexibility index (Phi) is 9.78. The Hall–Kier alpha value is -1.84. The summed E-state index contributed by atoms with van der Waals surface area (Å²) >= 11 is 6.20. The Morgan fingerprint density at radius 2 is 1.95 bits per heavy atom. The minimum Gasteiger partial charge on any atom is -0.432 e. The second kappa shape index (κ2) is 12.6. The van der Waals surface area contributed by atoms with E-state index in [9.17, 15) is 32.9 Å². The van der Waals surface area contributed by atoms with Crippen molar-refractivity contribution < 1.29 is 51.6 Å². The summed E-state index contributed by atoms with van der Waals surface area (Å²) in [4.78, 5) is 30.0. The van der Waals surface area contributed by atoms with Gasteiger partial charge in [-0.3, -0.25) is 9.09 Å². The van der Waals surface area contributed by atoms with Crippen LogP contribution in [-0.2, 0) is 39.6 Å². The molecule has 3 N–H and O–H groups in total. The van der Waals surface area contributed by atoms with Crippen molar-refractivity contribution in [1.29, 1.82) is 0 Å². The van der Waals surface area contributed by atoms with Crippen LogP contribution in [0.3, 0.4) is 0 Å². The normalized spacial score (nSPS) is 25.5. The van der Waals surface area contributed by atoms with E-state index in [4.69, 9.17) is 16.3 Å². The first kappa shape index (κ1) is 31.1. The van der Waals surface area contributed by atoms with Gasteiger partial charge in [0.2, 0.25) is 12.1 Å². The van der Waals surface area contributed by atoms with Crippen LogP contribution in [-0.4, -0.2) is 86.7 Å². The zero-order valence-electron chi connectivity index (χ0n) is 22.0. The summed E-state index contributed by atoms with van der Waals surface area (Å²) < 4.78 is 58.6. The number of rotatable bonds is 11. The number of carbonyl (C=O) groups is 1. The maximum absolute atomic E-state index is 12.7. The largest absolute Gasteiger partial charge is 0.510 e. The first-order valence-electron chi connectivity index (χ1n) is 12.8. The van der Waals surface area contributed by atoms with Gasteiger partial charge < -0.3 is 33.9 Å². The van der Waals surface area contributed by atoms with Crippen LogP contribution in [0.2, 0.25) is 5.28 Å². The van der Waals surface area contributed by atoms with Gasteiger partial charge in [0, 0.05) is 11.6 Å². The SMILES string of the molecule is CC(C)OC(=O)OCOP(=O)(O)CS(=O)(=O)C[C@H]1O[C@@H](n2ccc3c(CC4CCCC4)nc(Cl)nc32)[C@H](O)[C@@H]1O. The van der Waals surface area contributed by atoms with Crippen LogP contribution in [0.4, 0.5) is 4.79 Å². The molecule has 1 unspecified atom stereocenters. The number of aliphatic hydroxyl groups is 2. The van der Waals surface area contributed by atoms with Crippen LogP contribution in [0, 0.1) is 5.92 Å². The molecule has 3 heterocycles. The van der Waals surface area contributed by atoms with Gasteiger partial charge in [0.15, 0.2) is 21.6 Å². The van der Waals surface area contributed by atoms with E-state index in [0.29, 0.717) is 23.4 Å². The number of aliphatic hydroxyl groups excluding tert-OH is 2. The predicted octanol–water partition coefficient (Wildman–Crippen LogP) is 2.53. The van der Waals surface area contributed by atoms with Crippen LogP contribution in [0.5, 0.6) is 0 Å². The number of fused-ring (bicyclic) bond motifs is 1. The molecule has 2 fully saturated rings. The first-order chi connectivity index (χ1) is 18.7. The fourth-order valence-electron chi connectivity index (χ4n) is 4.98. The summed E-state index contributed by atoms with van der Waals surface area (Å²) in [6.07, 6.45) is -0.660. The summed E-state index contributed by atoms with van der Waals surface area (Å²) in [5.74, 6) is -0.414. The van der Waals surface area contributed by atoms with Gasteiger partial charge in [0.1, 0.15) is 24.0 Å². The molecule has 14 nitrogen and oxygen atoms in total. The molecule has 1 aliphatic heterocycles. The molecule has 0 spiro atoms. The topological polar surface area (TPSA) is 197 Å². The van der Waals surface area contributed by atoms with E-state index in [-0.39, 0.29) is 5.28 Å². The monoisotopic (exact) mass is 625 g/mol. The number of nitrogens with zero attached hydrogens (tertiary/aromatic N) is 3. The number of sulfone groups is 1. The van der Waals surface area contributed by atoms with Crippen molar-refractivity contribution >= 4 is 46.2 Å². The van der Waals surface area contributed by atoms with E-state index >= 15 is 0 Å². The Balaban J connectivity index is 1.42. The lowest BCUT2D eigenvalue weighted by Gasteiger charge is -2.18. The smallest absolute Gasteiger partial charge is 0.432 e. The van der Waals surface area contributed by atoms with Crippen LogP contribution in [0.15, 0.2) is 12.3 Å². The van der Waals surface area contributed by atoms with Crippen molar-refractivity contribution in [3.63, 3.8) is 0 Å². The van der Waals surface area contributed by atoms with Crippen molar-refractivity contribution in [3.05, 3.63) is 23.2 Å². The molecule has 17 heteroatoms. The summed E-state index contributed by atoms with van der Waals surface area (Å²) in [5, 5.41) is 22.0. The van der Waals surface area contributed by atoms with Crippen LogP contribution >= 0.6 is 19.2 Å². The summed E-state index contributed by atoms with van der Waals surface area (Å²) in [6, 6.07) is 1.75. The van der Waals surface area contributed by atoms with Crippen molar-refractivity contribution in [1.82, 2.24) is 14.5 Å². The fraction of sp³-hybridized carbons (Fsp3) is 0.696. The third-order valence-electron chi connectivity index (χ3n) is 6.73. The second-order valence-electron chi connectivity index (χ2n) is 10.3. The standard InChI is InChI=1S/C23H33ClN3O11PS/c1-13(2)37-23(30)35-11-36-39(31,32)12-40(33,34)10-17-18(28)19(29)21(38-17)27-8-7-15-16(9-14-5-3-4-6-14)25-22(24)26-20(15)27/h7-8,13-14,17-19,21,28-29H,3-6,9-12H2,1-2H3,(H,31,32)/t17-,18-,19-,21-/m1/s1. The molecule has 5 atom stereocenters. The highest BCUT2D eigenvalue weighted by Crippen LogP contribution is 2.44. The fourth-order valence-corrected chi connectivity index (χ4v) is 8.87. The van der Waals surface area contributed by atoms with E-state index in [1.807, 2.05) is 0 Å². The molecule has 224 valence electrons. The predicted molar refractivity (Wildman–Crippen MR) is 141 cm³/mol. The van der Waals surface area contributed by atoms with Gasteiger partial charge in [-0.2, -0.15) is 4.98 Å². The van der Waals surface area contributed by atoms with Crippen LogP contribution in [0.25, 0.3) is 11.0 Å². The number of hydrogen-bond donors (Lipinski definition) is 3. The number of ether oxygens (including phenoxy) is 3. The summed E-state index contributed by atoms with van der Waals surface area (Å²) in [5.41, 5.74) is -0.222. The lowest BCUT2D eigenvalue weighted by molar-refractivity contribution is -0.0288. The molecule has 40 heavy (non-hydrogen) atoms. The Labute approximate surface area is 236 Å². The second-order valence-corrected chi connectivity index (χ2v) is 15.0. The zero-order valence-corrected chi connectivity index (χ0v) is 24.4. The highest BCUT2D eigenvalue weighted by molar-refractivity contribution is 7.97. The molecule has 0 amide bonds. The number of hydrogen-bond acceptors (Lipinski definition) is 12. The van der Waals surface area contributed by atoms with Crippen molar-refractivity contribution in [3.8, 4) is 0 Å². The summed E-state index contributed by atoms with van der Waals surface area (Å²) in [6.45, 7) is 2.11. The molecule has 4 rings (SSSR count). The Bertz CT molecular complexity index is 1370. The van der Waals surface area contributed by atoms with Crippen molar-refractivity contribution in [2.45, 2.75) is 76.6 Å². The van der Waals surface area contributed by atoms with E-state index < -0.39 is 72.3 Å². The lowest BCUT2D eigenvalue weighted by atomic mass is 10.0. The maximum atomic E-state index is 12.7. The Morgan fingerprint density at radius 1 is 1.25 bits per heavy atom. The van der Waals surface area contributed by atoms with Gasteiger partial charge in [-0.05, 0) is 43.9 Å². The van der Waals surface area contributed by atoms with Crippen LogP contribution < -0.4 is 0 Å². The molecule has 0 aromatic carbocycles. The third kappa shape index (κ3) is 7.71. The molecule has 0 bridgehead atoms. The number of carbonyl (C=O) groups excluding carboxylic acids is 1. The molecule has 1 saturated carbocycles. The molecular weight excluding hydrogens is 593 g/mol. The number of halogens is 1. The van der Waals surface area contributed by atoms with Gasteiger partial charge in [-0.25, -0.2) is 18.2 Å². The molecular formula is C23H33ClN3O11PS. The lowest BCUT2D eigenvalue weighted by Crippen LogP contribution is -2.36. The highest BCUT2D eigenvalue weighted by Gasteiger charge is 2.46. The number of aromatic nitrogens is 3. The molecule has 1 aliphatic carbocycles. The van der Waals surface area contributed by atoms with E-state index in [1.54, 1.807) is 26.1 Å². The van der Waals surface area contributed by atoms with Gasteiger partial charge in [0.05, 0.1) is 17.6 Å². The quantitative estimate of drug-likeness (QED) is 0.143. The van der Waals surface area contributed by atoms with Gasteiger partial charge in [0.25, 0.3) is 0 Å². The van der Waals surface area contributed by atoms with Gasteiger partial charge >= 0.3 is 13.8 Å². The molecule has 0 radical (unpaired) electrons.